The Morgan fingerprint density at radius 2 is 1.12 bits per heavy atom. The maximum absolute atomic E-state index is 12.6. The van der Waals surface area contributed by atoms with Crippen LogP contribution < -0.4 is 0 Å². The van der Waals surface area contributed by atoms with Crippen LogP contribution >= 0.6 is 0 Å². The highest BCUT2D eigenvalue weighted by Gasteiger charge is 2.29. The highest BCUT2D eigenvalue weighted by atomic mass is 16.3. The van der Waals surface area contributed by atoms with Gasteiger partial charge in [-0.1, -0.05) is 186 Å². The van der Waals surface area contributed by atoms with Crippen molar-refractivity contribution in [3.63, 3.8) is 0 Å². The van der Waals surface area contributed by atoms with Gasteiger partial charge in [0.15, 0.2) is 0 Å². The van der Waals surface area contributed by atoms with E-state index in [1.165, 1.54) is 5.56 Å². The maximum Gasteiger partial charge on any atom is 0.149 e. The number of hydrogen-bond acceptors (Lipinski definition) is 3. The highest BCUT2D eigenvalue weighted by Crippen LogP contribution is 2.46. The van der Waals surface area contributed by atoms with Crippen molar-refractivity contribution >= 4 is 43.4 Å². The van der Waals surface area contributed by atoms with E-state index in [0.29, 0.717) is 17.0 Å². The quantitative estimate of drug-likeness (QED) is 0.169. The van der Waals surface area contributed by atoms with Gasteiger partial charge in [0.1, 0.15) is 11.6 Å². The van der Waals surface area contributed by atoms with Crippen LogP contribution in [-0.4, -0.2) is 19.6 Å². The van der Waals surface area contributed by atoms with Crippen molar-refractivity contribution < 1.29 is 7.85 Å². The maximum atomic E-state index is 12.6. The number of fused-ring (bicyclic) bond motifs is 7. The van der Waals surface area contributed by atoms with Crippen LogP contribution in [0.2, 0.25) is 0 Å². The molecule has 69 heavy (non-hydrogen) atoms. The number of hydrogen-bond donors (Lipinski definition) is 1. The van der Waals surface area contributed by atoms with Gasteiger partial charge in [-0.2, -0.15) is 0 Å². The topological polar surface area (TPSA) is 50.9 Å². The summed E-state index contributed by atoms with van der Waals surface area (Å²) in [5.74, 6) is 0.887. The fourth-order valence-corrected chi connectivity index (χ4v) is 9.94. The molecule has 346 valence electrons. The Kier molecular flexibility index (Phi) is 10.4. The van der Waals surface area contributed by atoms with Crippen molar-refractivity contribution in [1.29, 1.82) is 0 Å². The Morgan fingerprint density at radius 1 is 0.493 bits per heavy atom. The number of imidazole rings is 1. The molecule has 0 fully saturated rings. The van der Waals surface area contributed by atoms with Crippen molar-refractivity contribution in [2.45, 2.75) is 106 Å². The molecule has 1 N–H and O–H groups in total. The highest BCUT2D eigenvalue weighted by molar-refractivity contribution is 6.25. The molecular formula is C65H65N3O. The zero-order chi connectivity index (χ0) is 50.6. The summed E-state index contributed by atoms with van der Waals surface area (Å²) in [4.78, 5) is 10.6. The van der Waals surface area contributed by atoms with Crippen molar-refractivity contribution in [3.8, 4) is 56.3 Å². The summed E-state index contributed by atoms with van der Waals surface area (Å²) in [5.41, 5.74) is 12.1. The fourth-order valence-electron chi connectivity index (χ4n) is 9.94. The first kappa shape index (κ1) is 43.3. The molecule has 0 radical (unpaired) electrons. The lowest BCUT2D eigenvalue weighted by atomic mass is 9.79. The smallest absolute Gasteiger partial charge is 0.149 e. The average Bonchev–Trinajstić information content (AvgIpc) is 3.72. The second kappa shape index (κ2) is 16.6. The molecule has 0 atom stereocenters. The third kappa shape index (κ3) is 8.60. The van der Waals surface area contributed by atoms with Gasteiger partial charge < -0.3 is 5.11 Å². The Balaban J connectivity index is 1.26. The summed E-state index contributed by atoms with van der Waals surface area (Å²) < 4.78 is 20.6. The second-order valence-electron chi connectivity index (χ2n) is 23.1. The minimum absolute atomic E-state index is 0.166. The molecule has 0 amide bonds. The predicted molar refractivity (Wildman–Crippen MR) is 294 cm³/mol. The van der Waals surface area contributed by atoms with E-state index < -0.39 is 11.8 Å². The van der Waals surface area contributed by atoms with E-state index in [0.717, 1.165) is 93.7 Å². The van der Waals surface area contributed by atoms with Crippen LogP contribution in [-0.2, 0) is 22.6 Å². The minimum atomic E-state index is -1.54. The van der Waals surface area contributed by atoms with E-state index in [1.54, 1.807) is 0 Å². The number of benzene rings is 8. The lowest BCUT2D eigenvalue weighted by molar-refractivity contribution is 0.411. The molecular weight excluding hydrogens is 839 g/mol. The van der Waals surface area contributed by atoms with Gasteiger partial charge in [0.25, 0.3) is 0 Å². The summed E-state index contributed by atoms with van der Waals surface area (Å²) in [6.45, 7) is 25.8. The van der Waals surface area contributed by atoms with E-state index in [9.17, 15) is 7.85 Å². The van der Waals surface area contributed by atoms with Crippen LogP contribution in [0, 0.1) is 5.41 Å². The monoisotopic (exact) mass is 906 g/mol. The van der Waals surface area contributed by atoms with Crippen molar-refractivity contribution in [2.75, 3.05) is 0 Å². The normalized spacial score (nSPS) is 13.4. The van der Waals surface area contributed by atoms with Crippen molar-refractivity contribution in [1.82, 2.24) is 14.5 Å². The van der Waals surface area contributed by atoms with Gasteiger partial charge in [0, 0.05) is 31.3 Å². The number of nitrogens with zero attached hydrogens (tertiary/aromatic N) is 3. The van der Waals surface area contributed by atoms with Gasteiger partial charge in [-0.25, -0.2) is 4.98 Å². The number of phenols is 1. The van der Waals surface area contributed by atoms with Crippen LogP contribution in [0.5, 0.6) is 5.75 Å². The Labute approximate surface area is 411 Å². The molecule has 10 rings (SSSR count). The van der Waals surface area contributed by atoms with Crippen molar-refractivity contribution in [3.05, 3.63) is 180 Å². The first-order chi connectivity index (χ1) is 33.4. The van der Waals surface area contributed by atoms with Gasteiger partial charge in [-0.05, 0) is 142 Å². The van der Waals surface area contributed by atoms with Gasteiger partial charge in [-0.3, -0.25) is 9.55 Å². The molecule has 0 unspecified atom stereocenters. The molecule has 4 nitrogen and oxygen atoms in total. The van der Waals surface area contributed by atoms with Crippen LogP contribution in [0.15, 0.2) is 158 Å². The fraction of sp³-hybridized carbons (Fsp3) is 0.262. The summed E-state index contributed by atoms with van der Waals surface area (Å²) in [6, 6.07) is 53.6. The van der Waals surface area contributed by atoms with E-state index in [1.807, 2.05) is 39.1 Å². The number of pyridine rings is 1. The van der Waals surface area contributed by atoms with E-state index >= 15 is 0 Å². The standard InChI is InChI=1S/C65H65N3O/c1-62(2,3)39-40-25-27-51-52-28-26-47(38-54(52)50-22-17-16-21-49(50)53(51)31-40)68-58-24-18-23-48(59(58)67-61(68)55-36-46(64(7,8)9)37-56(60(55)69)65(10,11)12)43-32-44(34-45(33-43)63(4,5)6)57-35-42(29-30-66-57)41-19-14-13-15-20-41/h13-38,69H,39H2,1-12H3/i39D2. The summed E-state index contributed by atoms with van der Waals surface area (Å²) in [6.07, 6.45) is 0.362. The van der Waals surface area contributed by atoms with Crippen LogP contribution in [0.4, 0.5) is 0 Å². The van der Waals surface area contributed by atoms with E-state index in [-0.39, 0.29) is 22.0 Å². The first-order valence-corrected chi connectivity index (χ1v) is 24.4. The third-order valence-corrected chi connectivity index (χ3v) is 13.6. The second-order valence-corrected chi connectivity index (χ2v) is 23.1. The summed E-state index contributed by atoms with van der Waals surface area (Å²) >= 11 is 0. The van der Waals surface area contributed by atoms with Gasteiger partial charge >= 0.3 is 0 Å². The van der Waals surface area contributed by atoms with Crippen LogP contribution in [0.1, 0.15) is 108 Å². The van der Waals surface area contributed by atoms with Gasteiger partial charge in [-0.15, -0.1) is 0 Å². The molecule has 0 aliphatic carbocycles. The number of para-hydroxylation sites is 1. The van der Waals surface area contributed by atoms with Gasteiger partial charge in [0.05, 0.1) is 22.3 Å². The van der Waals surface area contributed by atoms with E-state index in [4.69, 9.17) is 9.97 Å². The lowest BCUT2D eigenvalue weighted by Gasteiger charge is -2.27. The molecule has 10 aromatic rings. The number of aromatic nitrogens is 3. The SMILES string of the molecule is [2H]C([2H])(c1ccc2c3ccc(-n4c(-c5cc(C(C)(C)C)cc(C(C)(C)C)c5O)nc5c(-c6cc(-c7cc(-c8ccccc8)ccn7)cc(C(C)(C)C)c6)cccc54)cc3c3ccccc3c2c1)C(C)(C)C. The molecule has 8 aromatic carbocycles. The molecule has 0 bridgehead atoms. The number of rotatable bonds is 6. The zero-order valence-corrected chi connectivity index (χ0v) is 42.3. The van der Waals surface area contributed by atoms with Crippen LogP contribution in [0.3, 0.4) is 0 Å². The molecule has 0 saturated heterocycles. The molecule has 0 aliphatic heterocycles. The lowest BCUT2D eigenvalue weighted by Crippen LogP contribution is -2.17. The number of phenolic OH excluding ortho intramolecular Hbond substituents is 1. The third-order valence-electron chi connectivity index (χ3n) is 13.6. The zero-order valence-electron chi connectivity index (χ0n) is 44.3. The van der Waals surface area contributed by atoms with Crippen molar-refractivity contribution in [2.24, 2.45) is 5.41 Å². The molecule has 0 saturated carbocycles. The minimum Gasteiger partial charge on any atom is -0.507 e. The molecule has 2 heterocycles. The largest absolute Gasteiger partial charge is 0.507 e. The Bertz CT molecular complexity index is 3700. The van der Waals surface area contributed by atoms with Gasteiger partial charge in [0.2, 0.25) is 0 Å². The molecule has 0 aliphatic rings. The molecule has 2 aromatic heterocycles. The molecule has 4 heteroatoms. The summed E-state index contributed by atoms with van der Waals surface area (Å²) in [7, 11) is 0. The summed E-state index contributed by atoms with van der Waals surface area (Å²) in [5, 5.41) is 19.0. The predicted octanol–water partition coefficient (Wildman–Crippen LogP) is 17.7. The Hall–Kier alpha value is -7.04. The average molecular weight is 906 g/mol. The first-order valence-electron chi connectivity index (χ1n) is 25.4. The van der Waals surface area contributed by atoms with E-state index in [2.05, 4.69) is 206 Å². The number of aromatic hydroxyl groups is 1. The molecule has 0 spiro atoms. The Morgan fingerprint density at radius 3 is 1.78 bits per heavy atom. The van der Waals surface area contributed by atoms with Crippen LogP contribution in [0.25, 0.3) is 93.9 Å².